The largest absolute Gasteiger partial charge is 0.340 e. The Morgan fingerprint density at radius 2 is 1.94 bits per heavy atom. The molecule has 1 aromatic carbocycles. The summed E-state index contributed by atoms with van der Waals surface area (Å²) < 4.78 is 2.14. The summed E-state index contributed by atoms with van der Waals surface area (Å²) in [6, 6.07) is 10.2. The number of aromatic nitrogens is 3. The second kappa shape index (κ2) is 4.58. The number of nitrogens with two attached hydrogens (primary N) is 1. The minimum atomic E-state index is 0.558. The van der Waals surface area contributed by atoms with Crippen LogP contribution in [0.2, 0.25) is 0 Å². The van der Waals surface area contributed by atoms with Crippen molar-refractivity contribution in [3.63, 3.8) is 0 Å². The van der Waals surface area contributed by atoms with Gasteiger partial charge in [0.25, 0.3) is 0 Å². The highest BCUT2D eigenvalue weighted by Crippen LogP contribution is 2.18. The lowest BCUT2D eigenvalue weighted by Gasteiger charge is -2.05. The minimum Gasteiger partial charge on any atom is -0.340 e. The van der Waals surface area contributed by atoms with Crippen LogP contribution in [0.15, 0.2) is 48.9 Å². The van der Waals surface area contributed by atoms with Crippen molar-refractivity contribution < 1.29 is 0 Å². The molecule has 0 amide bonds. The van der Waals surface area contributed by atoms with E-state index in [0.717, 1.165) is 11.4 Å². The van der Waals surface area contributed by atoms with Crippen LogP contribution in [0, 0.1) is 0 Å². The second-order valence-corrected chi connectivity index (χ2v) is 4.21. The zero-order valence-electron chi connectivity index (χ0n) is 9.95. The Labute approximate surface area is 105 Å². The molecule has 18 heavy (non-hydrogen) atoms. The van der Waals surface area contributed by atoms with Gasteiger partial charge in [0.1, 0.15) is 5.82 Å². The highest BCUT2D eigenvalue weighted by atomic mass is 15.0. The standard InChI is InChI=1S/C14H14N4/c15-9-11-2-3-12-4-7-18(13(12)8-11)10-14-16-5-1-6-17-14/h1-8H,9-10,15H2. The Kier molecular flexibility index (Phi) is 2.78. The van der Waals surface area contributed by atoms with E-state index in [2.05, 4.69) is 45.0 Å². The van der Waals surface area contributed by atoms with Gasteiger partial charge in [-0.05, 0) is 29.1 Å². The number of rotatable bonds is 3. The predicted molar refractivity (Wildman–Crippen MR) is 71.0 cm³/mol. The molecule has 0 spiro atoms. The van der Waals surface area contributed by atoms with E-state index in [0.29, 0.717) is 13.1 Å². The van der Waals surface area contributed by atoms with Crippen LogP contribution in [0.4, 0.5) is 0 Å². The van der Waals surface area contributed by atoms with Crippen molar-refractivity contribution in [2.45, 2.75) is 13.1 Å². The average molecular weight is 238 g/mol. The number of fused-ring (bicyclic) bond motifs is 1. The van der Waals surface area contributed by atoms with Crippen LogP contribution < -0.4 is 5.73 Å². The fraction of sp³-hybridized carbons (Fsp3) is 0.143. The highest BCUT2D eigenvalue weighted by molar-refractivity contribution is 5.80. The third-order valence-corrected chi connectivity index (χ3v) is 3.01. The molecule has 4 nitrogen and oxygen atoms in total. The van der Waals surface area contributed by atoms with Crippen LogP contribution in [0.25, 0.3) is 10.9 Å². The first-order valence-corrected chi connectivity index (χ1v) is 5.90. The summed E-state index contributed by atoms with van der Waals surface area (Å²) in [6.07, 6.45) is 5.58. The molecule has 0 aliphatic rings. The molecular formula is C14H14N4. The van der Waals surface area contributed by atoms with E-state index in [4.69, 9.17) is 5.73 Å². The summed E-state index contributed by atoms with van der Waals surface area (Å²) in [5.74, 6) is 0.813. The van der Waals surface area contributed by atoms with Crippen LogP contribution >= 0.6 is 0 Å². The molecular weight excluding hydrogens is 224 g/mol. The van der Waals surface area contributed by atoms with E-state index in [1.54, 1.807) is 12.4 Å². The van der Waals surface area contributed by atoms with Crippen LogP contribution in [0.3, 0.4) is 0 Å². The first-order chi connectivity index (χ1) is 8.86. The first kappa shape index (κ1) is 10.9. The van der Waals surface area contributed by atoms with Crippen LogP contribution in [0.1, 0.15) is 11.4 Å². The van der Waals surface area contributed by atoms with Gasteiger partial charge in [-0.3, -0.25) is 0 Å². The van der Waals surface area contributed by atoms with E-state index in [1.165, 1.54) is 10.9 Å². The van der Waals surface area contributed by atoms with Gasteiger partial charge in [-0.2, -0.15) is 0 Å². The molecule has 3 rings (SSSR count). The van der Waals surface area contributed by atoms with Gasteiger partial charge in [0, 0.05) is 30.7 Å². The smallest absolute Gasteiger partial charge is 0.147 e. The SMILES string of the molecule is NCc1ccc2ccn(Cc3ncccn3)c2c1. The number of hydrogen-bond donors (Lipinski definition) is 1. The lowest BCUT2D eigenvalue weighted by Crippen LogP contribution is -2.03. The molecule has 2 aromatic heterocycles. The summed E-state index contributed by atoms with van der Waals surface area (Å²) in [6.45, 7) is 1.24. The van der Waals surface area contributed by atoms with Gasteiger partial charge >= 0.3 is 0 Å². The van der Waals surface area contributed by atoms with E-state index < -0.39 is 0 Å². The Hall–Kier alpha value is -2.20. The summed E-state index contributed by atoms with van der Waals surface area (Å²) in [4.78, 5) is 8.49. The fourth-order valence-corrected chi connectivity index (χ4v) is 2.06. The van der Waals surface area contributed by atoms with E-state index in [9.17, 15) is 0 Å². The van der Waals surface area contributed by atoms with Gasteiger partial charge in [-0.1, -0.05) is 12.1 Å². The molecule has 0 fully saturated rings. The molecule has 2 heterocycles. The van der Waals surface area contributed by atoms with Crippen molar-refractivity contribution in [2.75, 3.05) is 0 Å². The lowest BCUT2D eigenvalue weighted by molar-refractivity contribution is 0.771. The fourth-order valence-electron chi connectivity index (χ4n) is 2.06. The van der Waals surface area contributed by atoms with Crippen LogP contribution in [0.5, 0.6) is 0 Å². The maximum absolute atomic E-state index is 5.68. The van der Waals surface area contributed by atoms with Crippen LogP contribution in [-0.4, -0.2) is 14.5 Å². The Balaban J connectivity index is 2.01. The van der Waals surface area contributed by atoms with Gasteiger partial charge in [0.05, 0.1) is 6.54 Å². The summed E-state index contributed by atoms with van der Waals surface area (Å²) >= 11 is 0. The molecule has 0 atom stereocenters. The summed E-state index contributed by atoms with van der Waals surface area (Å²) in [5.41, 5.74) is 7.99. The third-order valence-electron chi connectivity index (χ3n) is 3.01. The minimum absolute atomic E-state index is 0.558. The molecule has 0 saturated carbocycles. The van der Waals surface area contributed by atoms with Gasteiger partial charge in [-0.15, -0.1) is 0 Å². The first-order valence-electron chi connectivity index (χ1n) is 5.90. The molecule has 2 N–H and O–H groups in total. The molecule has 0 radical (unpaired) electrons. The molecule has 0 aliphatic heterocycles. The topological polar surface area (TPSA) is 56.7 Å². The average Bonchev–Trinajstić information content (AvgIpc) is 2.82. The highest BCUT2D eigenvalue weighted by Gasteiger charge is 2.03. The lowest BCUT2D eigenvalue weighted by atomic mass is 10.1. The maximum Gasteiger partial charge on any atom is 0.147 e. The van der Waals surface area contributed by atoms with Gasteiger partial charge in [0.15, 0.2) is 0 Å². The zero-order chi connectivity index (χ0) is 12.4. The Morgan fingerprint density at radius 1 is 1.11 bits per heavy atom. The molecule has 4 heteroatoms. The summed E-state index contributed by atoms with van der Waals surface area (Å²) in [7, 11) is 0. The Bertz CT molecular complexity index is 658. The number of benzene rings is 1. The van der Waals surface area contributed by atoms with E-state index in [1.807, 2.05) is 6.07 Å². The Morgan fingerprint density at radius 3 is 2.72 bits per heavy atom. The van der Waals surface area contributed by atoms with Crippen molar-refractivity contribution in [3.8, 4) is 0 Å². The van der Waals surface area contributed by atoms with Crippen molar-refractivity contribution in [1.29, 1.82) is 0 Å². The molecule has 0 saturated heterocycles. The zero-order valence-corrected chi connectivity index (χ0v) is 9.95. The van der Waals surface area contributed by atoms with Crippen molar-refractivity contribution in [3.05, 3.63) is 60.3 Å². The van der Waals surface area contributed by atoms with Crippen molar-refractivity contribution >= 4 is 10.9 Å². The summed E-state index contributed by atoms with van der Waals surface area (Å²) in [5, 5.41) is 1.21. The predicted octanol–water partition coefficient (Wildman–Crippen LogP) is 1.94. The monoisotopic (exact) mass is 238 g/mol. The van der Waals surface area contributed by atoms with E-state index >= 15 is 0 Å². The molecule has 90 valence electrons. The molecule has 0 unspecified atom stereocenters. The molecule has 0 bridgehead atoms. The van der Waals surface area contributed by atoms with Crippen molar-refractivity contribution in [1.82, 2.24) is 14.5 Å². The van der Waals surface area contributed by atoms with Crippen molar-refractivity contribution in [2.24, 2.45) is 5.73 Å². The van der Waals surface area contributed by atoms with Gasteiger partial charge in [-0.25, -0.2) is 9.97 Å². The quantitative estimate of drug-likeness (QED) is 0.758. The van der Waals surface area contributed by atoms with Gasteiger partial charge < -0.3 is 10.3 Å². The van der Waals surface area contributed by atoms with Crippen LogP contribution in [-0.2, 0) is 13.1 Å². The van der Waals surface area contributed by atoms with Gasteiger partial charge in [0.2, 0.25) is 0 Å². The number of nitrogens with zero attached hydrogens (tertiary/aromatic N) is 3. The maximum atomic E-state index is 5.68. The number of hydrogen-bond acceptors (Lipinski definition) is 3. The normalized spacial score (nSPS) is 10.9. The molecule has 0 aliphatic carbocycles. The third kappa shape index (κ3) is 1.98. The van der Waals surface area contributed by atoms with E-state index in [-0.39, 0.29) is 0 Å². The second-order valence-electron chi connectivity index (χ2n) is 4.21. The molecule has 3 aromatic rings.